The molecule has 1 heterocycles. The lowest BCUT2D eigenvalue weighted by molar-refractivity contribution is -0.385. The lowest BCUT2D eigenvalue weighted by Crippen LogP contribution is -2.23. The Balaban J connectivity index is 1.87. The fraction of sp³-hybridized carbons (Fsp3) is 0.429. The molecule has 2 aromatic rings. The molecule has 1 aliphatic carbocycles. The van der Waals surface area contributed by atoms with Crippen LogP contribution in [0.3, 0.4) is 0 Å². The Bertz CT molecular complexity index is 750. The van der Waals surface area contributed by atoms with Gasteiger partial charge in [0.1, 0.15) is 0 Å². The summed E-state index contributed by atoms with van der Waals surface area (Å²) in [7, 11) is 0. The van der Waals surface area contributed by atoms with Crippen LogP contribution in [-0.2, 0) is 4.79 Å². The molecule has 0 atom stereocenters. The van der Waals surface area contributed by atoms with Gasteiger partial charge in [0.25, 0.3) is 5.69 Å². The number of carboxylic acids is 1. The third-order valence-corrected chi connectivity index (χ3v) is 4.84. The number of benzene rings is 1. The van der Waals surface area contributed by atoms with Gasteiger partial charge in [-0.2, -0.15) is 5.10 Å². The van der Waals surface area contributed by atoms with Gasteiger partial charge in [-0.05, 0) is 47.7 Å². The van der Waals surface area contributed by atoms with Crippen LogP contribution in [0.5, 0.6) is 0 Å². The number of nitrogens with zero attached hydrogens (tertiary/aromatic N) is 3. The van der Waals surface area contributed by atoms with Gasteiger partial charge in [-0.15, -0.1) is 0 Å². The zero-order valence-electron chi connectivity index (χ0n) is 11.6. The van der Waals surface area contributed by atoms with Crippen LogP contribution in [-0.4, -0.2) is 25.8 Å². The third-order valence-electron chi connectivity index (χ3n) is 4.21. The molecule has 0 bridgehead atoms. The number of carboxylic acid groups (broad SMARTS) is 1. The molecule has 7 nitrogen and oxygen atoms in total. The zero-order valence-corrected chi connectivity index (χ0v) is 13.2. The second-order valence-corrected chi connectivity index (χ2v) is 6.43. The minimum atomic E-state index is -0.733. The second-order valence-electron chi connectivity index (χ2n) is 5.57. The van der Waals surface area contributed by atoms with Crippen LogP contribution in [0.15, 0.2) is 22.8 Å². The standard InChI is InChI=1S/C14H14BrN3O4/c15-11-6-12-9(5-13(11)18(21)22)7-17(16-12)10-3-1-8(2-4-10)14(19)20/h5-8,10H,1-4H2,(H,19,20). The average Bonchev–Trinajstić information content (AvgIpc) is 2.89. The largest absolute Gasteiger partial charge is 0.481 e. The summed E-state index contributed by atoms with van der Waals surface area (Å²) in [4.78, 5) is 21.5. The first-order valence-corrected chi connectivity index (χ1v) is 7.80. The Morgan fingerprint density at radius 2 is 2.05 bits per heavy atom. The summed E-state index contributed by atoms with van der Waals surface area (Å²) in [6.45, 7) is 0. The molecule has 0 aliphatic heterocycles. The molecule has 1 fully saturated rings. The quantitative estimate of drug-likeness (QED) is 0.660. The lowest BCUT2D eigenvalue weighted by Gasteiger charge is -2.26. The molecular weight excluding hydrogens is 354 g/mol. The van der Waals surface area contributed by atoms with E-state index in [2.05, 4.69) is 21.0 Å². The van der Waals surface area contributed by atoms with Crippen molar-refractivity contribution in [3.63, 3.8) is 0 Å². The summed E-state index contributed by atoms with van der Waals surface area (Å²) in [5.41, 5.74) is 0.708. The van der Waals surface area contributed by atoms with Crippen molar-refractivity contribution in [2.75, 3.05) is 0 Å². The first-order chi connectivity index (χ1) is 10.5. The highest BCUT2D eigenvalue weighted by Crippen LogP contribution is 2.34. The molecule has 1 aromatic carbocycles. The fourth-order valence-electron chi connectivity index (χ4n) is 2.97. The Kier molecular flexibility index (Phi) is 3.86. The molecule has 1 N–H and O–H groups in total. The van der Waals surface area contributed by atoms with E-state index in [0.29, 0.717) is 22.8 Å². The number of aliphatic carboxylic acids is 1. The number of rotatable bonds is 3. The summed E-state index contributed by atoms with van der Waals surface area (Å²) < 4.78 is 2.23. The minimum Gasteiger partial charge on any atom is -0.481 e. The van der Waals surface area contributed by atoms with Crippen LogP contribution in [0.4, 0.5) is 5.69 Å². The van der Waals surface area contributed by atoms with Gasteiger partial charge in [0, 0.05) is 17.6 Å². The van der Waals surface area contributed by atoms with Gasteiger partial charge in [0.15, 0.2) is 0 Å². The molecule has 1 saturated carbocycles. The first-order valence-electron chi connectivity index (χ1n) is 7.01. The fourth-order valence-corrected chi connectivity index (χ4v) is 3.44. The predicted molar refractivity (Wildman–Crippen MR) is 82.7 cm³/mol. The van der Waals surface area contributed by atoms with Crippen molar-refractivity contribution in [3.05, 3.63) is 32.9 Å². The molecular formula is C14H14BrN3O4. The number of hydrogen-bond acceptors (Lipinski definition) is 4. The maximum Gasteiger partial charge on any atom is 0.306 e. The summed E-state index contributed by atoms with van der Waals surface area (Å²) in [6.07, 6.45) is 4.60. The SMILES string of the molecule is O=C(O)C1CCC(n2cc3cc([N+](=O)[O-])c(Br)cc3n2)CC1. The molecule has 0 spiro atoms. The van der Waals surface area contributed by atoms with E-state index >= 15 is 0 Å². The molecule has 3 rings (SSSR count). The van der Waals surface area contributed by atoms with Gasteiger partial charge < -0.3 is 5.11 Å². The number of halogens is 1. The highest BCUT2D eigenvalue weighted by molar-refractivity contribution is 9.10. The topological polar surface area (TPSA) is 98.3 Å². The lowest BCUT2D eigenvalue weighted by atomic mass is 9.86. The van der Waals surface area contributed by atoms with Crippen LogP contribution >= 0.6 is 15.9 Å². The van der Waals surface area contributed by atoms with Gasteiger partial charge in [-0.25, -0.2) is 0 Å². The number of fused-ring (bicyclic) bond motifs is 1. The van der Waals surface area contributed by atoms with E-state index in [0.717, 1.165) is 18.2 Å². The van der Waals surface area contributed by atoms with Crippen LogP contribution < -0.4 is 0 Å². The predicted octanol–water partition coefficient (Wildman–Crippen LogP) is 3.52. The van der Waals surface area contributed by atoms with Crippen molar-refractivity contribution < 1.29 is 14.8 Å². The molecule has 0 saturated heterocycles. The first kappa shape index (κ1) is 15.0. The average molecular weight is 368 g/mol. The molecule has 8 heteroatoms. The number of hydrogen-bond donors (Lipinski definition) is 1. The number of aromatic nitrogens is 2. The molecule has 0 amide bonds. The maximum absolute atomic E-state index is 11.0. The molecule has 0 radical (unpaired) electrons. The normalized spacial score (nSPS) is 21.9. The van der Waals surface area contributed by atoms with Crippen molar-refractivity contribution in [1.82, 2.24) is 9.78 Å². The monoisotopic (exact) mass is 367 g/mol. The van der Waals surface area contributed by atoms with E-state index in [4.69, 9.17) is 5.11 Å². The Hall–Kier alpha value is -1.96. The van der Waals surface area contributed by atoms with Gasteiger partial charge >= 0.3 is 5.97 Å². The highest BCUT2D eigenvalue weighted by Gasteiger charge is 2.27. The van der Waals surface area contributed by atoms with Crippen LogP contribution in [0.2, 0.25) is 0 Å². The molecule has 0 unspecified atom stereocenters. The van der Waals surface area contributed by atoms with E-state index in [1.165, 1.54) is 6.07 Å². The van der Waals surface area contributed by atoms with Crippen molar-refractivity contribution in [2.24, 2.45) is 5.92 Å². The summed E-state index contributed by atoms with van der Waals surface area (Å²) in [6, 6.07) is 3.30. The van der Waals surface area contributed by atoms with E-state index in [9.17, 15) is 14.9 Å². The van der Waals surface area contributed by atoms with Crippen LogP contribution in [0.25, 0.3) is 10.9 Å². The van der Waals surface area contributed by atoms with Crippen molar-refractivity contribution in [1.29, 1.82) is 0 Å². The smallest absolute Gasteiger partial charge is 0.306 e. The maximum atomic E-state index is 11.0. The van der Waals surface area contributed by atoms with E-state index in [1.54, 1.807) is 12.3 Å². The van der Waals surface area contributed by atoms with Gasteiger partial charge in [0.2, 0.25) is 0 Å². The number of nitro groups is 1. The van der Waals surface area contributed by atoms with E-state index in [-0.39, 0.29) is 17.6 Å². The van der Waals surface area contributed by atoms with Crippen molar-refractivity contribution in [2.45, 2.75) is 31.7 Å². The Morgan fingerprint density at radius 1 is 1.36 bits per heavy atom. The van der Waals surface area contributed by atoms with Gasteiger partial charge in [-0.1, -0.05) is 0 Å². The summed E-state index contributed by atoms with van der Waals surface area (Å²) >= 11 is 3.19. The number of nitro benzene ring substituents is 1. The van der Waals surface area contributed by atoms with Gasteiger partial charge in [0.05, 0.1) is 26.9 Å². The van der Waals surface area contributed by atoms with Crippen molar-refractivity contribution >= 4 is 38.5 Å². The summed E-state index contributed by atoms with van der Waals surface area (Å²) in [5.74, 6) is -1.000. The van der Waals surface area contributed by atoms with E-state index < -0.39 is 10.9 Å². The molecule has 1 aromatic heterocycles. The third kappa shape index (κ3) is 2.70. The molecule has 22 heavy (non-hydrogen) atoms. The second kappa shape index (κ2) is 5.68. The van der Waals surface area contributed by atoms with Gasteiger partial charge in [-0.3, -0.25) is 19.6 Å². The van der Waals surface area contributed by atoms with Crippen LogP contribution in [0.1, 0.15) is 31.7 Å². The van der Waals surface area contributed by atoms with Crippen LogP contribution in [0, 0.1) is 16.0 Å². The Labute approximate surface area is 134 Å². The van der Waals surface area contributed by atoms with Crippen molar-refractivity contribution in [3.8, 4) is 0 Å². The molecule has 116 valence electrons. The summed E-state index contributed by atoms with van der Waals surface area (Å²) in [5, 5.41) is 25.2. The zero-order chi connectivity index (χ0) is 15.9. The molecule has 1 aliphatic rings. The number of carbonyl (C=O) groups is 1. The Morgan fingerprint density at radius 3 is 2.64 bits per heavy atom. The highest BCUT2D eigenvalue weighted by atomic mass is 79.9. The minimum absolute atomic E-state index is 0.0154. The van der Waals surface area contributed by atoms with E-state index in [1.807, 2.05) is 4.68 Å².